The molecule has 0 bridgehead atoms. The Morgan fingerprint density at radius 3 is 2.46 bits per heavy atom. The molecule has 14 heteroatoms. The van der Waals surface area contributed by atoms with E-state index in [1.54, 1.807) is 30.3 Å². The fourth-order valence-corrected chi connectivity index (χ4v) is 5.98. The van der Waals surface area contributed by atoms with Gasteiger partial charge < -0.3 is 4.90 Å². The van der Waals surface area contributed by atoms with Crippen molar-refractivity contribution in [2.24, 2.45) is 7.05 Å². The molecular formula is C23H21F4N7O2S. The van der Waals surface area contributed by atoms with Crippen molar-refractivity contribution < 1.29 is 26.0 Å². The van der Waals surface area contributed by atoms with Crippen LogP contribution in [0.1, 0.15) is 18.4 Å². The van der Waals surface area contributed by atoms with E-state index in [1.165, 1.54) is 0 Å². The summed E-state index contributed by atoms with van der Waals surface area (Å²) >= 11 is 0. The van der Waals surface area contributed by atoms with Gasteiger partial charge in [-0.15, -0.1) is 10.2 Å². The average molecular weight is 536 g/mol. The second kappa shape index (κ2) is 9.34. The predicted molar refractivity (Wildman–Crippen MR) is 126 cm³/mol. The molecule has 9 nitrogen and oxygen atoms in total. The van der Waals surface area contributed by atoms with Gasteiger partial charge in [0.1, 0.15) is 11.5 Å². The van der Waals surface area contributed by atoms with Gasteiger partial charge in [-0.25, -0.2) is 17.5 Å². The number of halogens is 4. The Morgan fingerprint density at radius 1 is 1.03 bits per heavy atom. The van der Waals surface area contributed by atoms with Crippen LogP contribution < -0.4 is 9.62 Å². The smallest absolute Gasteiger partial charge is 0.354 e. The van der Waals surface area contributed by atoms with Crippen molar-refractivity contribution in [2.45, 2.75) is 30.0 Å². The molecule has 37 heavy (non-hydrogen) atoms. The van der Waals surface area contributed by atoms with Crippen LogP contribution in [0.4, 0.5) is 23.4 Å². The molecule has 0 radical (unpaired) electrons. The fraction of sp³-hybridized carbons (Fsp3) is 0.304. The zero-order chi connectivity index (χ0) is 26.4. The number of anilines is 1. The third-order valence-corrected chi connectivity index (χ3v) is 7.86. The molecule has 0 amide bonds. The molecule has 1 aliphatic rings. The van der Waals surface area contributed by atoms with Gasteiger partial charge in [-0.3, -0.25) is 9.67 Å². The average Bonchev–Trinajstić information content (AvgIpc) is 3.28. The molecule has 4 aromatic rings. The molecule has 1 fully saturated rings. The maximum absolute atomic E-state index is 13.4. The van der Waals surface area contributed by atoms with Crippen LogP contribution in [-0.4, -0.2) is 52.5 Å². The number of rotatable bonds is 5. The van der Waals surface area contributed by atoms with Crippen molar-refractivity contribution in [1.82, 2.24) is 29.7 Å². The molecule has 0 aliphatic carbocycles. The Balaban J connectivity index is 1.36. The standard InChI is InChI=1S/C23H21F4N7O2S/c1-33-19(5-9-29-33)21-16-4-8-28-13-17(16)22(31-30-21)34-10-6-15(7-11-34)32-37(35,36)20-3-2-14(24)12-18(20)23(25,26)27/h2-5,8-9,12-13,15,32H,6-7,10-11H2,1H3. The van der Waals surface area contributed by atoms with Crippen molar-refractivity contribution in [3.63, 3.8) is 0 Å². The van der Waals surface area contributed by atoms with E-state index in [2.05, 4.69) is 25.0 Å². The monoisotopic (exact) mass is 535 g/mol. The largest absolute Gasteiger partial charge is 0.417 e. The maximum atomic E-state index is 13.4. The Morgan fingerprint density at radius 2 is 1.78 bits per heavy atom. The van der Waals surface area contributed by atoms with Crippen LogP contribution in [-0.2, 0) is 23.2 Å². The minimum absolute atomic E-state index is 0.185. The van der Waals surface area contributed by atoms with Crippen molar-refractivity contribution in [3.8, 4) is 11.4 Å². The summed E-state index contributed by atoms with van der Waals surface area (Å²) in [6, 6.07) is 4.56. The topological polar surface area (TPSA) is 106 Å². The molecule has 1 aromatic carbocycles. The number of pyridine rings is 1. The zero-order valence-corrected chi connectivity index (χ0v) is 20.3. The number of benzene rings is 1. The van der Waals surface area contributed by atoms with E-state index in [9.17, 15) is 26.0 Å². The normalized spacial score (nSPS) is 15.4. The molecule has 1 N–H and O–H groups in total. The highest BCUT2D eigenvalue weighted by molar-refractivity contribution is 7.89. The highest BCUT2D eigenvalue weighted by Crippen LogP contribution is 2.35. The number of aryl methyl sites for hydroxylation is 1. The minimum atomic E-state index is -5.02. The summed E-state index contributed by atoms with van der Waals surface area (Å²) in [5, 5.41) is 14.6. The summed E-state index contributed by atoms with van der Waals surface area (Å²) in [4.78, 5) is 5.15. The first kappa shape index (κ1) is 25.0. The van der Waals surface area contributed by atoms with Crippen LogP contribution in [0.3, 0.4) is 0 Å². The molecule has 0 spiro atoms. The number of sulfonamides is 1. The maximum Gasteiger partial charge on any atom is 0.417 e. The number of nitrogens with one attached hydrogen (secondary N) is 1. The lowest BCUT2D eigenvalue weighted by Gasteiger charge is -2.33. The van der Waals surface area contributed by atoms with Gasteiger partial charge in [-0.05, 0) is 43.2 Å². The van der Waals surface area contributed by atoms with E-state index < -0.39 is 38.5 Å². The number of hydrogen-bond donors (Lipinski definition) is 1. The minimum Gasteiger partial charge on any atom is -0.354 e. The fourth-order valence-electron chi connectivity index (χ4n) is 4.46. The summed E-state index contributed by atoms with van der Waals surface area (Å²) < 4.78 is 83.1. The summed E-state index contributed by atoms with van der Waals surface area (Å²) in [6.45, 7) is 0.763. The van der Waals surface area contributed by atoms with Gasteiger partial charge in [0.05, 0.1) is 16.2 Å². The highest BCUT2D eigenvalue weighted by atomic mass is 32.2. The van der Waals surface area contributed by atoms with Crippen molar-refractivity contribution in [2.75, 3.05) is 18.0 Å². The van der Waals surface area contributed by atoms with E-state index in [1.807, 2.05) is 17.0 Å². The van der Waals surface area contributed by atoms with Crippen molar-refractivity contribution >= 4 is 26.6 Å². The van der Waals surface area contributed by atoms with Crippen LogP contribution in [0.5, 0.6) is 0 Å². The number of fused-ring (bicyclic) bond motifs is 1. The van der Waals surface area contributed by atoms with Gasteiger partial charge >= 0.3 is 6.18 Å². The number of aromatic nitrogens is 5. The summed E-state index contributed by atoms with van der Waals surface area (Å²) in [7, 11) is -2.74. The van der Waals surface area contributed by atoms with Gasteiger partial charge in [-0.2, -0.15) is 18.3 Å². The molecule has 194 valence electrons. The molecule has 0 atom stereocenters. The molecule has 1 aliphatic heterocycles. The lowest BCUT2D eigenvalue weighted by Crippen LogP contribution is -2.45. The summed E-state index contributed by atoms with van der Waals surface area (Å²) in [5.74, 6) is -0.593. The van der Waals surface area contributed by atoms with E-state index in [0.717, 1.165) is 16.5 Å². The van der Waals surface area contributed by atoms with Gasteiger partial charge in [0.25, 0.3) is 0 Å². The van der Waals surface area contributed by atoms with Gasteiger partial charge in [0.15, 0.2) is 5.82 Å². The van der Waals surface area contributed by atoms with Gasteiger partial charge in [0, 0.05) is 55.5 Å². The van der Waals surface area contributed by atoms with Crippen LogP contribution in [0, 0.1) is 5.82 Å². The van der Waals surface area contributed by atoms with Crippen LogP contribution in [0.15, 0.2) is 53.8 Å². The van der Waals surface area contributed by atoms with Crippen LogP contribution in [0.2, 0.25) is 0 Å². The van der Waals surface area contributed by atoms with E-state index in [0.29, 0.717) is 49.6 Å². The number of nitrogens with zero attached hydrogens (tertiary/aromatic N) is 6. The molecule has 3 aromatic heterocycles. The summed E-state index contributed by atoms with van der Waals surface area (Å²) in [6.07, 6.45) is 0.599. The Bertz CT molecular complexity index is 1570. The van der Waals surface area contributed by atoms with E-state index in [-0.39, 0.29) is 6.07 Å². The first-order valence-corrected chi connectivity index (χ1v) is 12.8. The summed E-state index contributed by atoms with van der Waals surface area (Å²) in [5.41, 5.74) is -0.119. The zero-order valence-electron chi connectivity index (χ0n) is 19.4. The van der Waals surface area contributed by atoms with Crippen molar-refractivity contribution in [1.29, 1.82) is 0 Å². The molecule has 0 unspecified atom stereocenters. The van der Waals surface area contributed by atoms with Crippen molar-refractivity contribution in [3.05, 3.63) is 60.3 Å². The number of piperidine rings is 1. The third kappa shape index (κ3) is 4.85. The number of alkyl halides is 3. The first-order chi connectivity index (χ1) is 17.5. The second-order valence-electron chi connectivity index (χ2n) is 8.65. The SMILES string of the molecule is Cn1nccc1-c1nnc(N2CCC(NS(=O)(=O)c3ccc(F)cc3C(F)(F)F)CC2)c2cnccc12. The van der Waals surface area contributed by atoms with Gasteiger partial charge in [-0.1, -0.05) is 0 Å². The molecular weight excluding hydrogens is 514 g/mol. The third-order valence-electron chi connectivity index (χ3n) is 6.28. The highest BCUT2D eigenvalue weighted by Gasteiger charge is 2.38. The first-order valence-electron chi connectivity index (χ1n) is 11.3. The molecule has 4 heterocycles. The molecule has 1 saturated heterocycles. The second-order valence-corrected chi connectivity index (χ2v) is 10.3. The molecule has 0 saturated carbocycles. The lowest BCUT2D eigenvalue weighted by atomic mass is 10.0. The Kier molecular flexibility index (Phi) is 6.31. The Labute approximate surface area is 209 Å². The van der Waals surface area contributed by atoms with Crippen LogP contribution in [0.25, 0.3) is 22.2 Å². The van der Waals surface area contributed by atoms with Crippen LogP contribution >= 0.6 is 0 Å². The van der Waals surface area contributed by atoms with E-state index in [4.69, 9.17) is 0 Å². The molecule has 5 rings (SSSR count). The van der Waals surface area contributed by atoms with Gasteiger partial charge in [0.2, 0.25) is 10.0 Å². The Hall–Kier alpha value is -3.65. The number of hydrogen-bond acceptors (Lipinski definition) is 7. The lowest BCUT2D eigenvalue weighted by molar-refractivity contribution is -0.140. The predicted octanol–water partition coefficient (Wildman–Crippen LogP) is 3.53. The van der Waals surface area contributed by atoms with E-state index >= 15 is 0 Å². The quantitative estimate of drug-likeness (QED) is 0.390.